The van der Waals surface area contributed by atoms with E-state index < -0.39 is 35.4 Å². The molecule has 0 aromatic heterocycles. The topological polar surface area (TPSA) is 15.3 Å². The number of piperazine rings is 1. The first-order chi connectivity index (χ1) is 11.1. The Morgan fingerprint density at radius 1 is 1.08 bits per heavy atom. The fraction of sp³-hybridized carbons (Fsp3) is 0.600. The molecule has 0 radical (unpaired) electrons. The van der Waals surface area contributed by atoms with E-state index in [4.69, 9.17) is 11.6 Å². The number of hydrogen-bond acceptors (Lipinski definition) is 2. The molecule has 1 heterocycles. The lowest BCUT2D eigenvalue weighted by Gasteiger charge is -2.36. The maximum Gasteiger partial charge on any atom is 0.417 e. The van der Waals surface area contributed by atoms with Crippen LogP contribution < -0.4 is 5.32 Å². The van der Waals surface area contributed by atoms with Crippen molar-refractivity contribution in [1.29, 1.82) is 0 Å². The van der Waals surface area contributed by atoms with Gasteiger partial charge in [-0.2, -0.15) is 26.3 Å². The van der Waals surface area contributed by atoms with Gasteiger partial charge < -0.3 is 5.32 Å². The highest BCUT2D eigenvalue weighted by Crippen LogP contribution is 2.41. The number of hydrogen-bond donors (Lipinski definition) is 1. The number of benzene rings is 1. The molecule has 136 valence electrons. The van der Waals surface area contributed by atoms with Gasteiger partial charge in [0.05, 0.1) is 10.6 Å². The van der Waals surface area contributed by atoms with Crippen LogP contribution >= 0.6 is 11.6 Å². The fourth-order valence-corrected chi connectivity index (χ4v) is 3.21. The quantitative estimate of drug-likeness (QED) is 0.772. The zero-order valence-electron chi connectivity index (χ0n) is 12.6. The summed E-state index contributed by atoms with van der Waals surface area (Å²) in [6.45, 7) is 2.04. The molecule has 0 bridgehead atoms. The second kappa shape index (κ2) is 7.49. The van der Waals surface area contributed by atoms with Gasteiger partial charge >= 0.3 is 12.4 Å². The second-order valence-electron chi connectivity index (χ2n) is 5.66. The summed E-state index contributed by atoms with van der Waals surface area (Å²) in [4.78, 5) is 1.75. The van der Waals surface area contributed by atoms with Crippen LogP contribution in [0.1, 0.15) is 30.0 Å². The van der Waals surface area contributed by atoms with E-state index in [-0.39, 0.29) is 12.0 Å². The zero-order chi connectivity index (χ0) is 18.0. The predicted octanol–water partition coefficient (Wildman–Crippen LogP) is 4.65. The summed E-state index contributed by atoms with van der Waals surface area (Å²) in [5.41, 5.74) is -0.925. The zero-order valence-corrected chi connectivity index (χ0v) is 13.4. The molecule has 1 N–H and O–H groups in total. The minimum Gasteiger partial charge on any atom is -0.314 e. The van der Waals surface area contributed by atoms with Crippen molar-refractivity contribution in [1.82, 2.24) is 10.2 Å². The third-order valence-corrected chi connectivity index (χ3v) is 4.41. The lowest BCUT2D eigenvalue weighted by Crippen LogP contribution is -2.45. The number of alkyl halides is 6. The van der Waals surface area contributed by atoms with Crippen LogP contribution in [-0.4, -0.2) is 37.3 Å². The highest BCUT2D eigenvalue weighted by molar-refractivity contribution is 6.32. The van der Waals surface area contributed by atoms with Crippen LogP contribution in [0.15, 0.2) is 18.2 Å². The monoisotopic (exact) mass is 374 g/mol. The Balaban J connectivity index is 2.35. The van der Waals surface area contributed by atoms with Gasteiger partial charge in [0, 0.05) is 38.6 Å². The summed E-state index contributed by atoms with van der Waals surface area (Å²) >= 11 is 5.91. The molecule has 24 heavy (non-hydrogen) atoms. The molecular weight excluding hydrogens is 358 g/mol. The Morgan fingerprint density at radius 2 is 1.71 bits per heavy atom. The van der Waals surface area contributed by atoms with Crippen LogP contribution in [0.4, 0.5) is 26.3 Å². The second-order valence-corrected chi connectivity index (χ2v) is 6.04. The average molecular weight is 375 g/mol. The van der Waals surface area contributed by atoms with E-state index in [2.05, 4.69) is 5.32 Å². The summed E-state index contributed by atoms with van der Waals surface area (Å²) < 4.78 is 76.9. The third-order valence-electron chi connectivity index (χ3n) is 3.99. The molecule has 1 aliphatic heterocycles. The van der Waals surface area contributed by atoms with Gasteiger partial charge in [0.1, 0.15) is 0 Å². The highest BCUT2D eigenvalue weighted by Gasteiger charge is 2.37. The van der Waals surface area contributed by atoms with E-state index in [0.29, 0.717) is 26.2 Å². The highest BCUT2D eigenvalue weighted by atomic mass is 35.5. The fourth-order valence-electron chi connectivity index (χ4n) is 2.86. The Bertz CT molecular complexity index is 552. The maximum absolute atomic E-state index is 13.0. The van der Waals surface area contributed by atoms with Crippen molar-refractivity contribution < 1.29 is 26.3 Å². The number of halogens is 7. The van der Waals surface area contributed by atoms with Crippen molar-refractivity contribution >= 4 is 11.6 Å². The van der Waals surface area contributed by atoms with Crippen molar-refractivity contribution in [2.75, 3.05) is 26.2 Å². The van der Waals surface area contributed by atoms with E-state index in [1.807, 2.05) is 0 Å². The molecule has 0 aliphatic carbocycles. The summed E-state index contributed by atoms with van der Waals surface area (Å²) in [7, 11) is 0. The molecule has 1 atom stereocenters. The van der Waals surface area contributed by atoms with Crippen molar-refractivity contribution in [2.45, 2.75) is 31.2 Å². The number of nitrogens with one attached hydrogen (secondary N) is 1. The molecule has 1 aromatic carbocycles. The molecule has 1 aromatic rings. The first-order valence-corrected chi connectivity index (χ1v) is 7.84. The minimum atomic E-state index is -4.65. The van der Waals surface area contributed by atoms with Gasteiger partial charge in [-0.15, -0.1) is 0 Å². The molecule has 1 fully saturated rings. The predicted molar refractivity (Wildman–Crippen MR) is 78.9 cm³/mol. The van der Waals surface area contributed by atoms with E-state index >= 15 is 0 Å². The maximum atomic E-state index is 13.0. The summed E-state index contributed by atoms with van der Waals surface area (Å²) in [5, 5.41) is 2.55. The molecular formula is C15H17ClF6N2. The minimum absolute atomic E-state index is 0.0950. The molecule has 9 heteroatoms. The van der Waals surface area contributed by atoms with Gasteiger partial charge in [-0.3, -0.25) is 4.90 Å². The Morgan fingerprint density at radius 3 is 2.25 bits per heavy atom. The lowest BCUT2D eigenvalue weighted by atomic mass is 9.97. The van der Waals surface area contributed by atoms with Gasteiger partial charge in [0.25, 0.3) is 0 Å². The Kier molecular flexibility index (Phi) is 6.04. The van der Waals surface area contributed by atoms with Gasteiger partial charge in [-0.25, -0.2) is 0 Å². The molecule has 0 spiro atoms. The van der Waals surface area contributed by atoms with Gasteiger partial charge in [0.15, 0.2) is 0 Å². The average Bonchev–Trinajstić information content (AvgIpc) is 2.48. The van der Waals surface area contributed by atoms with E-state index in [9.17, 15) is 26.3 Å². The Hall–Kier alpha value is -0.990. The van der Waals surface area contributed by atoms with Crippen molar-refractivity contribution in [2.24, 2.45) is 0 Å². The van der Waals surface area contributed by atoms with Crippen LogP contribution in [0.2, 0.25) is 5.02 Å². The van der Waals surface area contributed by atoms with Crippen LogP contribution in [0.3, 0.4) is 0 Å². The van der Waals surface area contributed by atoms with Gasteiger partial charge in [0.2, 0.25) is 0 Å². The molecule has 2 nitrogen and oxygen atoms in total. The summed E-state index contributed by atoms with van der Waals surface area (Å²) in [5.74, 6) is 0. The SMILES string of the molecule is FC(F)(F)CC[C@H](c1cccc(C(F)(F)F)c1Cl)N1CCNCC1. The van der Waals surface area contributed by atoms with Crippen LogP contribution in [-0.2, 0) is 6.18 Å². The smallest absolute Gasteiger partial charge is 0.314 e. The molecule has 0 unspecified atom stereocenters. The summed E-state index contributed by atoms with van der Waals surface area (Å²) in [6.07, 6.45) is -10.4. The largest absolute Gasteiger partial charge is 0.417 e. The van der Waals surface area contributed by atoms with Crippen molar-refractivity contribution in [3.8, 4) is 0 Å². The number of rotatable bonds is 4. The van der Waals surface area contributed by atoms with Crippen LogP contribution in [0.5, 0.6) is 0 Å². The van der Waals surface area contributed by atoms with Gasteiger partial charge in [-0.1, -0.05) is 23.7 Å². The molecule has 0 amide bonds. The molecule has 0 saturated carbocycles. The first kappa shape index (κ1) is 19.3. The normalized spacial score (nSPS) is 18.6. The van der Waals surface area contributed by atoms with E-state index in [1.54, 1.807) is 4.90 Å². The van der Waals surface area contributed by atoms with E-state index in [1.165, 1.54) is 12.1 Å². The third kappa shape index (κ3) is 5.00. The van der Waals surface area contributed by atoms with E-state index in [0.717, 1.165) is 6.07 Å². The van der Waals surface area contributed by atoms with Crippen molar-refractivity contribution in [3.05, 3.63) is 34.3 Å². The molecule has 2 rings (SSSR count). The van der Waals surface area contributed by atoms with Crippen molar-refractivity contribution in [3.63, 3.8) is 0 Å². The lowest BCUT2D eigenvalue weighted by molar-refractivity contribution is -0.139. The number of nitrogens with zero attached hydrogens (tertiary/aromatic N) is 1. The first-order valence-electron chi connectivity index (χ1n) is 7.47. The van der Waals surface area contributed by atoms with Crippen LogP contribution in [0.25, 0.3) is 0 Å². The van der Waals surface area contributed by atoms with Crippen LogP contribution in [0, 0.1) is 0 Å². The molecule has 1 saturated heterocycles. The molecule has 1 aliphatic rings. The summed E-state index contributed by atoms with van der Waals surface area (Å²) in [6, 6.07) is 2.60. The standard InChI is InChI=1S/C15H17ClF6N2/c16-13-10(2-1-3-11(13)15(20,21)22)12(4-5-14(17,18)19)24-8-6-23-7-9-24/h1-3,12,23H,4-9H2/t12-/m1/s1. The Labute approximate surface area is 140 Å². The van der Waals surface area contributed by atoms with Gasteiger partial charge in [-0.05, 0) is 18.1 Å².